The van der Waals surface area contributed by atoms with Gasteiger partial charge in [0.15, 0.2) is 0 Å². The molecule has 112 valence electrons. The molecule has 0 amide bonds. The third-order valence-corrected chi connectivity index (χ3v) is 4.28. The van der Waals surface area contributed by atoms with Gasteiger partial charge in [0.1, 0.15) is 0 Å². The van der Waals surface area contributed by atoms with Crippen molar-refractivity contribution in [3.8, 4) is 0 Å². The van der Waals surface area contributed by atoms with Crippen molar-refractivity contribution in [3.63, 3.8) is 0 Å². The van der Waals surface area contributed by atoms with E-state index in [4.69, 9.17) is 5.73 Å². The van der Waals surface area contributed by atoms with Gasteiger partial charge in [-0.25, -0.2) is 0 Å². The number of hydrogen-bond acceptors (Lipinski definition) is 3. The predicted molar refractivity (Wildman–Crippen MR) is 86.3 cm³/mol. The van der Waals surface area contributed by atoms with Gasteiger partial charge in [-0.3, -0.25) is 4.68 Å². The number of nitrogens with zero attached hydrogens (tertiary/aromatic N) is 3. The quantitative estimate of drug-likeness (QED) is 0.942. The maximum atomic E-state index is 6.33. The van der Waals surface area contributed by atoms with Crippen LogP contribution in [0.15, 0.2) is 36.7 Å². The summed E-state index contributed by atoms with van der Waals surface area (Å²) in [5.41, 5.74) is 10.3. The summed E-state index contributed by atoms with van der Waals surface area (Å²) in [5, 5.41) is 4.32. The van der Waals surface area contributed by atoms with Gasteiger partial charge < -0.3 is 10.6 Å². The first-order valence-corrected chi connectivity index (χ1v) is 7.65. The van der Waals surface area contributed by atoms with Crippen LogP contribution < -0.4 is 10.6 Å². The van der Waals surface area contributed by atoms with Crippen LogP contribution in [0.25, 0.3) is 0 Å². The molecule has 0 fully saturated rings. The summed E-state index contributed by atoms with van der Waals surface area (Å²) in [4.78, 5) is 2.46. The zero-order valence-corrected chi connectivity index (χ0v) is 13.0. The maximum absolute atomic E-state index is 6.33. The largest absolute Gasteiger partial charge is 0.362 e. The fourth-order valence-electron chi connectivity index (χ4n) is 3.46. The SMILES string of the molecule is CC1Cc2ccccc2N(C(c2cnn(C)c2)C(C)N)C1. The summed E-state index contributed by atoms with van der Waals surface area (Å²) >= 11 is 0. The standard InChI is InChI=1S/C17H24N4/c1-12-8-14-6-4-5-7-16(14)21(10-12)17(13(2)18)15-9-19-20(3)11-15/h4-7,9,11-13,17H,8,10,18H2,1-3H3. The van der Waals surface area contributed by atoms with Crippen molar-refractivity contribution in [1.29, 1.82) is 0 Å². The highest BCUT2D eigenvalue weighted by Gasteiger charge is 2.31. The first kappa shape index (κ1) is 14.1. The van der Waals surface area contributed by atoms with Crippen LogP contribution in [0.5, 0.6) is 0 Å². The number of aryl methyl sites for hydroxylation is 1. The van der Waals surface area contributed by atoms with Gasteiger partial charge in [-0.1, -0.05) is 25.1 Å². The Morgan fingerprint density at radius 2 is 2.10 bits per heavy atom. The maximum Gasteiger partial charge on any atom is 0.0721 e. The molecule has 1 aliphatic heterocycles. The van der Waals surface area contributed by atoms with Crippen molar-refractivity contribution in [3.05, 3.63) is 47.8 Å². The van der Waals surface area contributed by atoms with E-state index in [9.17, 15) is 0 Å². The van der Waals surface area contributed by atoms with Crippen molar-refractivity contribution in [2.75, 3.05) is 11.4 Å². The highest BCUT2D eigenvalue weighted by molar-refractivity contribution is 5.57. The Hall–Kier alpha value is -1.81. The Balaban J connectivity index is 2.04. The van der Waals surface area contributed by atoms with Crippen LogP contribution in [0, 0.1) is 5.92 Å². The molecule has 1 aliphatic rings. The normalized spacial score (nSPS) is 21.0. The van der Waals surface area contributed by atoms with Gasteiger partial charge in [0.25, 0.3) is 0 Å². The minimum Gasteiger partial charge on any atom is -0.362 e. The van der Waals surface area contributed by atoms with Crippen LogP contribution in [-0.4, -0.2) is 22.4 Å². The van der Waals surface area contributed by atoms with E-state index in [1.807, 2.05) is 17.9 Å². The zero-order valence-electron chi connectivity index (χ0n) is 13.0. The van der Waals surface area contributed by atoms with Gasteiger partial charge in [0.05, 0.1) is 12.2 Å². The van der Waals surface area contributed by atoms with Crippen LogP contribution >= 0.6 is 0 Å². The number of aromatic nitrogens is 2. The Kier molecular flexibility index (Phi) is 3.72. The molecule has 0 saturated heterocycles. The van der Waals surface area contributed by atoms with E-state index < -0.39 is 0 Å². The number of fused-ring (bicyclic) bond motifs is 1. The lowest BCUT2D eigenvalue weighted by Crippen LogP contribution is -2.44. The van der Waals surface area contributed by atoms with Gasteiger partial charge in [-0.05, 0) is 30.9 Å². The lowest BCUT2D eigenvalue weighted by molar-refractivity contribution is 0.453. The van der Waals surface area contributed by atoms with E-state index in [2.05, 4.69) is 54.3 Å². The second-order valence-corrected chi connectivity index (χ2v) is 6.34. The average molecular weight is 284 g/mol. The molecule has 0 radical (unpaired) electrons. The lowest BCUT2D eigenvalue weighted by Gasteiger charge is -2.41. The number of nitrogens with two attached hydrogens (primary N) is 1. The molecule has 0 spiro atoms. The smallest absolute Gasteiger partial charge is 0.0721 e. The number of anilines is 1. The third kappa shape index (κ3) is 2.68. The van der Waals surface area contributed by atoms with Crippen molar-refractivity contribution in [1.82, 2.24) is 9.78 Å². The van der Waals surface area contributed by atoms with Crippen LogP contribution in [0.3, 0.4) is 0 Å². The lowest BCUT2D eigenvalue weighted by atomic mass is 9.90. The molecule has 4 nitrogen and oxygen atoms in total. The summed E-state index contributed by atoms with van der Waals surface area (Å²) in [5.74, 6) is 0.637. The number of benzene rings is 1. The van der Waals surface area contributed by atoms with Gasteiger partial charge in [-0.2, -0.15) is 5.10 Å². The summed E-state index contributed by atoms with van der Waals surface area (Å²) in [6, 6.07) is 8.91. The summed E-state index contributed by atoms with van der Waals surface area (Å²) in [7, 11) is 1.95. The van der Waals surface area contributed by atoms with E-state index >= 15 is 0 Å². The average Bonchev–Trinajstić information content (AvgIpc) is 2.84. The molecule has 0 bridgehead atoms. The molecule has 3 atom stereocenters. The van der Waals surface area contributed by atoms with Crippen molar-refractivity contribution in [2.45, 2.75) is 32.4 Å². The van der Waals surface area contributed by atoms with Gasteiger partial charge in [0.2, 0.25) is 0 Å². The van der Waals surface area contributed by atoms with Crippen LogP contribution in [0.1, 0.15) is 31.0 Å². The van der Waals surface area contributed by atoms with Gasteiger partial charge in [-0.15, -0.1) is 0 Å². The molecule has 0 aliphatic carbocycles. The minimum absolute atomic E-state index is 0.0487. The molecule has 4 heteroatoms. The second kappa shape index (κ2) is 5.53. The minimum atomic E-state index is 0.0487. The summed E-state index contributed by atoms with van der Waals surface area (Å²) in [6.45, 7) is 5.43. The van der Waals surface area contributed by atoms with Crippen molar-refractivity contribution < 1.29 is 0 Å². The highest BCUT2D eigenvalue weighted by atomic mass is 15.3. The van der Waals surface area contributed by atoms with Gasteiger partial charge >= 0.3 is 0 Å². The topological polar surface area (TPSA) is 47.1 Å². The van der Waals surface area contributed by atoms with Crippen molar-refractivity contribution >= 4 is 5.69 Å². The van der Waals surface area contributed by atoms with Gasteiger partial charge in [0, 0.05) is 37.1 Å². The number of rotatable bonds is 3. The first-order valence-electron chi connectivity index (χ1n) is 7.65. The van der Waals surface area contributed by atoms with E-state index in [-0.39, 0.29) is 12.1 Å². The highest BCUT2D eigenvalue weighted by Crippen LogP contribution is 2.36. The molecular formula is C17H24N4. The second-order valence-electron chi connectivity index (χ2n) is 6.34. The Morgan fingerprint density at radius 3 is 2.76 bits per heavy atom. The monoisotopic (exact) mass is 284 g/mol. The number of hydrogen-bond donors (Lipinski definition) is 1. The molecule has 0 saturated carbocycles. The Labute approximate surface area is 126 Å². The summed E-state index contributed by atoms with van der Waals surface area (Å²) in [6.07, 6.45) is 5.16. The van der Waals surface area contributed by atoms with E-state index in [1.165, 1.54) is 16.8 Å². The Morgan fingerprint density at radius 1 is 1.33 bits per heavy atom. The van der Waals surface area contributed by atoms with Crippen molar-refractivity contribution in [2.24, 2.45) is 18.7 Å². The van der Waals surface area contributed by atoms with E-state index in [0.29, 0.717) is 5.92 Å². The molecule has 2 N–H and O–H groups in total. The Bertz CT molecular complexity index is 617. The first-order chi connectivity index (χ1) is 10.1. The molecule has 2 aromatic rings. The molecule has 21 heavy (non-hydrogen) atoms. The molecule has 1 aromatic carbocycles. The fourth-order valence-corrected chi connectivity index (χ4v) is 3.46. The third-order valence-electron chi connectivity index (χ3n) is 4.28. The zero-order chi connectivity index (χ0) is 15.0. The summed E-state index contributed by atoms with van der Waals surface area (Å²) < 4.78 is 1.85. The molecule has 1 aromatic heterocycles. The van der Waals surface area contributed by atoms with Crippen LogP contribution in [0.4, 0.5) is 5.69 Å². The fraction of sp³-hybridized carbons (Fsp3) is 0.471. The predicted octanol–water partition coefficient (Wildman–Crippen LogP) is 2.51. The van der Waals surface area contributed by atoms with E-state index in [0.717, 1.165) is 13.0 Å². The molecule has 3 unspecified atom stereocenters. The van der Waals surface area contributed by atoms with Crippen LogP contribution in [-0.2, 0) is 13.5 Å². The molecule has 3 rings (SSSR count). The van der Waals surface area contributed by atoms with E-state index in [1.54, 1.807) is 0 Å². The molecular weight excluding hydrogens is 260 g/mol. The van der Waals surface area contributed by atoms with Crippen LogP contribution in [0.2, 0.25) is 0 Å². The number of para-hydroxylation sites is 1. The molecule has 2 heterocycles.